The Bertz CT molecular complexity index is 616. The lowest BCUT2D eigenvalue weighted by Crippen LogP contribution is -2.35. The Kier molecular flexibility index (Phi) is 4.01. The molecule has 0 aliphatic heterocycles. The van der Waals surface area contributed by atoms with Gasteiger partial charge in [-0.15, -0.1) is 0 Å². The van der Waals surface area contributed by atoms with Crippen molar-refractivity contribution in [1.82, 2.24) is 20.2 Å². The van der Waals surface area contributed by atoms with Gasteiger partial charge < -0.3 is 10.6 Å². The predicted octanol–water partition coefficient (Wildman–Crippen LogP) is 1.55. The van der Waals surface area contributed by atoms with E-state index in [1.54, 1.807) is 0 Å². The number of carbonyl (C=O) groups is 1. The largest absolute Gasteiger partial charge is 0.352 e. The first kappa shape index (κ1) is 13.8. The van der Waals surface area contributed by atoms with Gasteiger partial charge in [0, 0.05) is 18.3 Å². The molecule has 1 amide bonds. The first-order valence-corrected chi connectivity index (χ1v) is 7.33. The number of carbonyl (C=O) groups excluding carboxylic acids is 1. The number of benzene rings is 1. The van der Waals surface area contributed by atoms with Crippen molar-refractivity contribution < 1.29 is 4.79 Å². The van der Waals surface area contributed by atoms with Crippen LogP contribution < -0.4 is 10.6 Å². The molecule has 110 valence electrons. The van der Waals surface area contributed by atoms with Crippen molar-refractivity contribution >= 4 is 5.91 Å². The van der Waals surface area contributed by atoms with Gasteiger partial charge in [-0.25, -0.2) is 4.98 Å². The van der Waals surface area contributed by atoms with Crippen molar-refractivity contribution in [1.29, 1.82) is 0 Å². The lowest BCUT2D eigenvalue weighted by Gasteiger charge is -2.11. The molecule has 3 rings (SSSR count). The van der Waals surface area contributed by atoms with E-state index in [9.17, 15) is 4.79 Å². The zero-order chi connectivity index (χ0) is 14.7. The van der Waals surface area contributed by atoms with E-state index in [1.165, 1.54) is 0 Å². The molecule has 1 heterocycles. The van der Waals surface area contributed by atoms with Crippen LogP contribution in [0.5, 0.6) is 0 Å². The molecule has 1 saturated carbocycles. The van der Waals surface area contributed by atoms with Gasteiger partial charge in [-0.3, -0.25) is 9.36 Å². The second-order valence-corrected chi connectivity index (χ2v) is 5.41. The first-order valence-electron chi connectivity index (χ1n) is 7.33. The van der Waals surface area contributed by atoms with Gasteiger partial charge in [-0.1, -0.05) is 18.2 Å². The van der Waals surface area contributed by atoms with Gasteiger partial charge in [0.25, 0.3) is 0 Å². The molecular formula is C16H20N4O. The van der Waals surface area contributed by atoms with Gasteiger partial charge in [0.05, 0.1) is 18.4 Å². The molecule has 0 unspecified atom stereocenters. The molecule has 0 radical (unpaired) electrons. The topological polar surface area (TPSA) is 59.0 Å². The summed E-state index contributed by atoms with van der Waals surface area (Å²) in [5.41, 5.74) is 2.14. The maximum atomic E-state index is 11.6. The summed E-state index contributed by atoms with van der Waals surface area (Å²) in [4.78, 5) is 16.0. The van der Waals surface area contributed by atoms with Gasteiger partial charge >= 0.3 is 0 Å². The maximum absolute atomic E-state index is 11.6. The standard InChI is InChI=1S/C16H20N4O/c1-12-18-10-15(20(12)14-5-3-2-4-6-14)9-17-11-16(21)19-13-7-8-13/h2-6,10,13,17H,7-9,11H2,1H3,(H,19,21). The number of rotatable bonds is 6. The summed E-state index contributed by atoms with van der Waals surface area (Å²) < 4.78 is 2.10. The number of nitrogens with zero attached hydrogens (tertiary/aromatic N) is 2. The van der Waals surface area contributed by atoms with E-state index < -0.39 is 0 Å². The molecule has 0 bridgehead atoms. The van der Waals surface area contributed by atoms with E-state index in [1.807, 2.05) is 31.3 Å². The normalized spacial score (nSPS) is 14.1. The zero-order valence-corrected chi connectivity index (χ0v) is 12.2. The van der Waals surface area contributed by atoms with Crippen LogP contribution in [0.2, 0.25) is 0 Å². The quantitative estimate of drug-likeness (QED) is 0.846. The molecule has 21 heavy (non-hydrogen) atoms. The van der Waals surface area contributed by atoms with Crippen LogP contribution in [0, 0.1) is 6.92 Å². The van der Waals surface area contributed by atoms with Gasteiger partial charge in [-0.2, -0.15) is 0 Å². The van der Waals surface area contributed by atoms with Crippen molar-refractivity contribution in [2.24, 2.45) is 0 Å². The molecule has 0 spiro atoms. The summed E-state index contributed by atoms with van der Waals surface area (Å²) in [7, 11) is 0. The fourth-order valence-corrected chi connectivity index (χ4v) is 2.36. The molecule has 5 heteroatoms. The van der Waals surface area contributed by atoms with E-state index >= 15 is 0 Å². The van der Waals surface area contributed by atoms with Crippen LogP contribution in [0.4, 0.5) is 0 Å². The highest BCUT2D eigenvalue weighted by Gasteiger charge is 2.22. The third-order valence-electron chi connectivity index (χ3n) is 3.56. The van der Waals surface area contributed by atoms with Crippen molar-refractivity contribution in [2.75, 3.05) is 6.54 Å². The number of imidazole rings is 1. The van der Waals surface area contributed by atoms with Crippen molar-refractivity contribution in [3.63, 3.8) is 0 Å². The molecule has 2 aromatic rings. The monoisotopic (exact) mass is 284 g/mol. The Morgan fingerprint density at radius 2 is 2.10 bits per heavy atom. The number of hydrogen-bond donors (Lipinski definition) is 2. The number of para-hydroxylation sites is 1. The Labute approximate surface area is 124 Å². The summed E-state index contributed by atoms with van der Waals surface area (Å²) in [6, 6.07) is 10.5. The highest BCUT2D eigenvalue weighted by molar-refractivity contribution is 5.78. The molecule has 5 nitrogen and oxygen atoms in total. The summed E-state index contributed by atoms with van der Waals surface area (Å²) in [6.45, 7) is 2.94. The molecule has 0 atom stereocenters. The van der Waals surface area contributed by atoms with E-state index in [-0.39, 0.29) is 5.91 Å². The van der Waals surface area contributed by atoms with Gasteiger partial charge in [0.1, 0.15) is 5.82 Å². The smallest absolute Gasteiger partial charge is 0.234 e. The summed E-state index contributed by atoms with van der Waals surface area (Å²) in [6.07, 6.45) is 4.09. The Hall–Kier alpha value is -2.14. The third kappa shape index (κ3) is 3.49. The number of amides is 1. The minimum atomic E-state index is 0.0694. The molecule has 1 aliphatic carbocycles. The molecule has 1 aliphatic rings. The van der Waals surface area contributed by atoms with Crippen LogP contribution in [0.25, 0.3) is 5.69 Å². The van der Waals surface area contributed by atoms with Crippen LogP contribution in [0.3, 0.4) is 0 Å². The van der Waals surface area contributed by atoms with Gasteiger partial charge in [-0.05, 0) is 31.9 Å². The summed E-state index contributed by atoms with van der Waals surface area (Å²) in [5, 5.41) is 6.15. The van der Waals surface area contributed by atoms with Crippen molar-refractivity contribution in [2.45, 2.75) is 32.4 Å². The highest BCUT2D eigenvalue weighted by atomic mass is 16.2. The second kappa shape index (κ2) is 6.10. The van der Waals surface area contributed by atoms with Crippen LogP contribution in [-0.4, -0.2) is 28.0 Å². The number of aromatic nitrogens is 2. The van der Waals surface area contributed by atoms with Crippen molar-refractivity contribution in [3.8, 4) is 5.69 Å². The van der Waals surface area contributed by atoms with E-state index in [0.29, 0.717) is 19.1 Å². The Morgan fingerprint density at radius 3 is 2.81 bits per heavy atom. The molecule has 2 N–H and O–H groups in total. The summed E-state index contributed by atoms with van der Waals surface area (Å²) in [5.74, 6) is 1.01. The van der Waals surface area contributed by atoms with Crippen LogP contribution >= 0.6 is 0 Å². The maximum Gasteiger partial charge on any atom is 0.234 e. The fraction of sp³-hybridized carbons (Fsp3) is 0.375. The molecular weight excluding hydrogens is 264 g/mol. The minimum Gasteiger partial charge on any atom is -0.352 e. The first-order chi connectivity index (χ1) is 10.2. The van der Waals surface area contributed by atoms with Crippen LogP contribution in [0.1, 0.15) is 24.4 Å². The average Bonchev–Trinajstić information content (AvgIpc) is 3.22. The number of hydrogen-bond acceptors (Lipinski definition) is 3. The van der Waals surface area contributed by atoms with Crippen LogP contribution in [-0.2, 0) is 11.3 Å². The minimum absolute atomic E-state index is 0.0694. The lowest BCUT2D eigenvalue weighted by atomic mass is 10.3. The molecule has 0 saturated heterocycles. The molecule has 1 aromatic heterocycles. The van der Waals surface area contributed by atoms with E-state index in [0.717, 1.165) is 30.0 Å². The Morgan fingerprint density at radius 1 is 1.33 bits per heavy atom. The number of aryl methyl sites for hydroxylation is 1. The fourth-order valence-electron chi connectivity index (χ4n) is 2.36. The lowest BCUT2D eigenvalue weighted by molar-refractivity contribution is -0.120. The second-order valence-electron chi connectivity index (χ2n) is 5.41. The zero-order valence-electron chi connectivity index (χ0n) is 12.2. The predicted molar refractivity (Wildman–Crippen MR) is 81.2 cm³/mol. The van der Waals surface area contributed by atoms with Crippen LogP contribution in [0.15, 0.2) is 36.5 Å². The summed E-state index contributed by atoms with van der Waals surface area (Å²) >= 11 is 0. The molecule has 1 fully saturated rings. The van der Waals surface area contributed by atoms with E-state index in [2.05, 4.69) is 32.3 Å². The molecule has 1 aromatic carbocycles. The van der Waals surface area contributed by atoms with Gasteiger partial charge in [0.15, 0.2) is 0 Å². The van der Waals surface area contributed by atoms with Gasteiger partial charge in [0.2, 0.25) is 5.91 Å². The SMILES string of the molecule is Cc1ncc(CNCC(=O)NC2CC2)n1-c1ccccc1. The van der Waals surface area contributed by atoms with E-state index in [4.69, 9.17) is 0 Å². The number of nitrogens with one attached hydrogen (secondary N) is 2. The average molecular weight is 284 g/mol. The highest BCUT2D eigenvalue weighted by Crippen LogP contribution is 2.18. The third-order valence-corrected chi connectivity index (χ3v) is 3.56. The Balaban J connectivity index is 1.62. The van der Waals surface area contributed by atoms with Crippen molar-refractivity contribution in [3.05, 3.63) is 48.0 Å².